The van der Waals surface area contributed by atoms with E-state index in [1.165, 1.54) is 24.5 Å². The van der Waals surface area contributed by atoms with E-state index in [0.717, 1.165) is 6.08 Å². The highest BCUT2D eigenvalue weighted by atomic mass is 35.5. The number of rotatable bonds is 4. The summed E-state index contributed by atoms with van der Waals surface area (Å²) in [4.78, 5) is 26.4. The van der Waals surface area contributed by atoms with Crippen molar-refractivity contribution in [2.45, 2.75) is 0 Å². The minimum atomic E-state index is -1.03. The van der Waals surface area contributed by atoms with Gasteiger partial charge in [0, 0.05) is 24.2 Å². The second-order valence-electron chi connectivity index (χ2n) is 4.11. The fraction of sp³-hybridized carbons (Fsp3) is 0. The number of nitrogens with one attached hydrogen (secondary N) is 1. The quantitative estimate of drug-likeness (QED) is 0.851. The van der Waals surface area contributed by atoms with Crippen LogP contribution in [0.5, 0.6) is 0 Å². The first-order valence-corrected chi connectivity index (χ1v) is 6.36. The number of aliphatic carboxylic acids is 1. The smallest absolute Gasteiger partial charge is 0.328 e. The number of hydrogen-bond donors (Lipinski definition) is 2. The van der Waals surface area contributed by atoms with Crippen molar-refractivity contribution in [2.24, 2.45) is 0 Å². The molecule has 106 valence electrons. The molecule has 0 aliphatic rings. The Kier molecular flexibility index (Phi) is 4.68. The fourth-order valence-electron chi connectivity index (χ4n) is 1.65. The van der Waals surface area contributed by atoms with Crippen molar-refractivity contribution in [3.63, 3.8) is 0 Å². The van der Waals surface area contributed by atoms with Crippen LogP contribution in [0.1, 0.15) is 15.9 Å². The number of carboxylic acids is 1. The molecule has 1 amide bonds. The Balaban J connectivity index is 2.17. The zero-order valence-corrected chi connectivity index (χ0v) is 11.5. The van der Waals surface area contributed by atoms with Gasteiger partial charge in [-0.05, 0) is 29.8 Å². The predicted octanol–water partition coefficient (Wildman–Crippen LogP) is 3.09. The lowest BCUT2D eigenvalue weighted by Gasteiger charge is -2.07. The van der Waals surface area contributed by atoms with E-state index in [-0.39, 0.29) is 10.9 Å². The molecule has 5 nitrogen and oxygen atoms in total. The summed E-state index contributed by atoms with van der Waals surface area (Å²) >= 11 is 5.90. The molecular formula is C15H11ClN2O3. The highest BCUT2D eigenvalue weighted by Gasteiger charge is 2.10. The van der Waals surface area contributed by atoms with E-state index in [1.807, 2.05) is 0 Å². The number of benzene rings is 1. The molecule has 0 atom stereocenters. The molecule has 0 aliphatic heterocycles. The SMILES string of the molecule is O=C(O)/C=C/c1cccc(NC(=O)c2ccncc2Cl)c1. The van der Waals surface area contributed by atoms with Crippen LogP contribution in [0.15, 0.2) is 48.8 Å². The standard InChI is InChI=1S/C15H11ClN2O3/c16-13-9-17-7-6-12(13)15(21)18-11-3-1-2-10(8-11)4-5-14(19)20/h1-9H,(H,18,21)(H,19,20)/b5-4+. The van der Waals surface area contributed by atoms with Gasteiger partial charge in [0.05, 0.1) is 10.6 Å². The number of nitrogens with zero attached hydrogens (tertiary/aromatic N) is 1. The van der Waals surface area contributed by atoms with Gasteiger partial charge in [0.25, 0.3) is 5.91 Å². The van der Waals surface area contributed by atoms with Crippen LogP contribution >= 0.6 is 11.6 Å². The van der Waals surface area contributed by atoms with Crippen LogP contribution in [0.2, 0.25) is 5.02 Å². The summed E-state index contributed by atoms with van der Waals surface area (Å²) in [6.07, 6.45) is 5.34. The third-order valence-electron chi connectivity index (χ3n) is 2.58. The molecular weight excluding hydrogens is 292 g/mol. The number of anilines is 1. The number of carboxylic acid groups (broad SMARTS) is 1. The van der Waals surface area contributed by atoms with E-state index in [9.17, 15) is 9.59 Å². The molecule has 1 aromatic carbocycles. The minimum absolute atomic E-state index is 0.261. The average Bonchev–Trinajstić information content (AvgIpc) is 2.46. The van der Waals surface area contributed by atoms with Crippen LogP contribution in [0.25, 0.3) is 6.08 Å². The summed E-state index contributed by atoms with van der Waals surface area (Å²) in [6, 6.07) is 8.32. The molecule has 21 heavy (non-hydrogen) atoms. The molecule has 0 radical (unpaired) electrons. The zero-order chi connectivity index (χ0) is 15.2. The van der Waals surface area contributed by atoms with Gasteiger partial charge in [0.1, 0.15) is 0 Å². The Labute approximate surface area is 125 Å². The van der Waals surface area contributed by atoms with Crippen LogP contribution in [0, 0.1) is 0 Å². The number of pyridine rings is 1. The van der Waals surface area contributed by atoms with Crippen LogP contribution in [-0.4, -0.2) is 22.0 Å². The van der Waals surface area contributed by atoms with Crippen LogP contribution < -0.4 is 5.32 Å². The van der Waals surface area contributed by atoms with Gasteiger partial charge in [-0.25, -0.2) is 4.79 Å². The topological polar surface area (TPSA) is 79.3 Å². The minimum Gasteiger partial charge on any atom is -0.478 e. The van der Waals surface area contributed by atoms with Crippen LogP contribution in [-0.2, 0) is 4.79 Å². The molecule has 0 fully saturated rings. The Bertz CT molecular complexity index is 714. The number of aromatic nitrogens is 1. The monoisotopic (exact) mass is 302 g/mol. The van der Waals surface area contributed by atoms with Gasteiger partial charge in [-0.2, -0.15) is 0 Å². The second kappa shape index (κ2) is 6.67. The molecule has 0 aliphatic carbocycles. The number of hydrogen-bond acceptors (Lipinski definition) is 3. The van der Waals surface area contributed by atoms with E-state index >= 15 is 0 Å². The van der Waals surface area contributed by atoms with E-state index < -0.39 is 5.97 Å². The molecule has 2 aromatic rings. The lowest BCUT2D eigenvalue weighted by atomic mass is 10.1. The number of halogens is 1. The molecule has 1 heterocycles. The summed E-state index contributed by atoms with van der Waals surface area (Å²) in [6.45, 7) is 0. The summed E-state index contributed by atoms with van der Waals surface area (Å²) in [5.74, 6) is -1.39. The maximum atomic E-state index is 12.1. The Morgan fingerprint density at radius 3 is 2.81 bits per heavy atom. The normalized spacial score (nSPS) is 10.5. The van der Waals surface area contributed by atoms with Crippen molar-refractivity contribution < 1.29 is 14.7 Å². The molecule has 1 aromatic heterocycles. The molecule has 0 unspecified atom stereocenters. The van der Waals surface area contributed by atoms with E-state index in [0.29, 0.717) is 16.8 Å². The molecule has 0 spiro atoms. The molecule has 6 heteroatoms. The van der Waals surface area contributed by atoms with Crippen molar-refractivity contribution in [1.82, 2.24) is 4.98 Å². The Morgan fingerprint density at radius 1 is 1.29 bits per heavy atom. The fourth-order valence-corrected chi connectivity index (χ4v) is 1.85. The first kappa shape index (κ1) is 14.7. The predicted molar refractivity (Wildman–Crippen MR) is 80.3 cm³/mol. The van der Waals surface area contributed by atoms with Gasteiger partial charge < -0.3 is 10.4 Å². The Hall–Kier alpha value is -2.66. The lowest BCUT2D eigenvalue weighted by molar-refractivity contribution is -0.131. The zero-order valence-electron chi connectivity index (χ0n) is 10.8. The van der Waals surface area contributed by atoms with Crippen molar-refractivity contribution >= 4 is 35.2 Å². The molecule has 2 N–H and O–H groups in total. The number of carbonyl (C=O) groups excluding carboxylic acids is 1. The molecule has 2 rings (SSSR count). The summed E-state index contributed by atoms with van der Waals surface area (Å²) in [5.41, 5.74) is 1.52. The third-order valence-corrected chi connectivity index (χ3v) is 2.88. The largest absolute Gasteiger partial charge is 0.478 e. The van der Waals surface area contributed by atoms with E-state index in [1.54, 1.807) is 24.3 Å². The third kappa shape index (κ3) is 4.15. The average molecular weight is 303 g/mol. The maximum absolute atomic E-state index is 12.1. The van der Waals surface area contributed by atoms with Gasteiger partial charge in [-0.1, -0.05) is 23.7 Å². The molecule has 0 saturated carbocycles. The number of amides is 1. The summed E-state index contributed by atoms with van der Waals surface area (Å²) < 4.78 is 0. The summed E-state index contributed by atoms with van der Waals surface area (Å²) in [7, 11) is 0. The van der Waals surface area contributed by atoms with Gasteiger partial charge in [0.15, 0.2) is 0 Å². The molecule has 0 saturated heterocycles. The highest BCUT2D eigenvalue weighted by molar-refractivity contribution is 6.34. The van der Waals surface area contributed by atoms with Crippen molar-refractivity contribution in [1.29, 1.82) is 0 Å². The van der Waals surface area contributed by atoms with Gasteiger partial charge in [-0.3, -0.25) is 9.78 Å². The first-order valence-electron chi connectivity index (χ1n) is 5.98. The van der Waals surface area contributed by atoms with E-state index in [4.69, 9.17) is 16.7 Å². The molecule has 0 bridgehead atoms. The number of carbonyl (C=O) groups is 2. The summed E-state index contributed by atoms with van der Waals surface area (Å²) in [5, 5.41) is 11.5. The van der Waals surface area contributed by atoms with Crippen LogP contribution in [0.4, 0.5) is 5.69 Å². The van der Waals surface area contributed by atoms with Crippen LogP contribution in [0.3, 0.4) is 0 Å². The van der Waals surface area contributed by atoms with Gasteiger partial charge >= 0.3 is 5.97 Å². The van der Waals surface area contributed by atoms with Crippen molar-refractivity contribution in [2.75, 3.05) is 5.32 Å². The lowest BCUT2D eigenvalue weighted by Crippen LogP contribution is -2.12. The van der Waals surface area contributed by atoms with Gasteiger partial charge in [0.2, 0.25) is 0 Å². The van der Waals surface area contributed by atoms with Gasteiger partial charge in [-0.15, -0.1) is 0 Å². The second-order valence-corrected chi connectivity index (χ2v) is 4.51. The maximum Gasteiger partial charge on any atom is 0.328 e. The first-order chi connectivity index (χ1) is 10.1. The van der Waals surface area contributed by atoms with Crippen molar-refractivity contribution in [3.05, 3.63) is 65.0 Å². The highest BCUT2D eigenvalue weighted by Crippen LogP contribution is 2.17. The van der Waals surface area contributed by atoms with Crippen molar-refractivity contribution in [3.8, 4) is 0 Å². The van der Waals surface area contributed by atoms with E-state index in [2.05, 4.69) is 10.3 Å². The Morgan fingerprint density at radius 2 is 2.10 bits per heavy atom.